The van der Waals surface area contributed by atoms with Crippen LogP contribution in [0.2, 0.25) is 0 Å². The number of alkyl halides is 3. The summed E-state index contributed by atoms with van der Waals surface area (Å²) in [5, 5.41) is 8.66. The predicted octanol–water partition coefficient (Wildman–Crippen LogP) is 3.22. The average molecular weight is 441 g/mol. The molecule has 0 aromatic carbocycles. The summed E-state index contributed by atoms with van der Waals surface area (Å²) in [5.41, 5.74) is 0.539. The highest BCUT2D eigenvalue weighted by Gasteiger charge is 2.46. The van der Waals surface area contributed by atoms with Gasteiger partial charge in [-0.15, -0.1) is 5.10 Å². The summed E-state index contributed by atoms with van der Waals surface area (Å²) in [7, 11) is 0. The molecule has 172 valence electrons. The van der Waals surface area contributed by atoms with E-state index in [-0.39, 0.29) is 22.8 Å². The second kappa shape index (κ2) is 8.09. The first kappa shape index (κ1) is 22.1. The summed E-state index contributed by atoms with van der Waals surface area (Å²) in [4.78, 5) is 27.4. The Morgan fingerprint density at radius 1 is 1.16 bits per heavy atom. The maximum Gasteiger partial charge on any atom is 0.453 e. The van der Waals surface area contributed by atoms with E-state index < -0.39 is 12.0 Å². The van der Waals surface area contributed by atoms with Crippen molar-refractivity contribution in [3.05, 3.63) is 11.6 Å². The van der Waals surface area contributed by atoms with Crippen LogP contribution < -0.4 is 5.32 Å². The van der Waals surface area contributed by atoms with E-state index in [2.05, 4.69) is 20.5 Å². The molecule has 1 aromatic heterocycles. The molecule has 2 aliphatic carbocycles. The van der Waals surface area contributed by atoms with Crippen LogP contribution in [0.5, 0.6) is 0 Å². The molecule has 5 rings (SSSR count). The van der Waals surface area contributed by atoms with Crippen molar-refractivity contribution in [2.45, 2.75) is 82.8 Å². The molecule has 4 aliphatic rings. The van der Waals surface area contributed by atoms with Gasteiger partial charge in [-0.3, -0.25) is 14.7 Å². The summed E-state index contributed by atoms with van der Waals surface area (Å²) >= 11 is 0. The average Bonchev–Trinajstić information content (AvgIpc) is 3.27. The maximum absolute atomic E-state index is 12.5. The smallest absolute Gasteiger partial charge is 0.351 e. The van der Waals surface area contributed by atoms with Crippen LogP contribution in [-0.2, 0) is 22.2 Å². The van der Waals surface area contributed by atoms with Gasteiger partial charge in [0.1, 0.15) is 5.82 Å². The van der Waals surface area contributed by atoms with Gasteiger partial charge in [0.25, 0.3) is 5.82 Å². The fourth-order valence-corrected chi connectivity index (χ4v) is 5.34. The van der Waals surface area contributed by atoms with Crippen molar-refractivity contribution < 1.29 is 22.8 Å². The van der Waals surface area contributed by atoms with Gasteiger partial charge in [0.05, 0.1) is 0 Å². The van der Waals surface area contributed by atoms with E-state index in [1.807, 2.05) is 4.90 Å². The molecule has 2 saturated heterocycles. The number of amides is 2. The van der Waals surface area contributed by atoms with E-state index >= 15 is 0 Å². The van der Waals surface area contributed by atoms with Gasteiger partial charge in [0.2, 0.25) is 11.8 Å². The predicted molar refractivity (Wildman–Crippen MR) is 106 cm³/mol. The lowest BCUT2D eigenvalue weighted by atomic mass is 9.65. The molecule has 2 N–H and O–H groups in total. The van der Waals surface area contributed by atoms with E-state index in [4.69, 9.17) is 0 Å². The van der Waals surface area contributed by atoms with E-state index in [1.165, 1.54) is 19.3 Å². The minimum atomic E-state index is -4.49. The highest BCUT2D eigenvalue weighted by molar-refractivity contribution is 5.79. The Labute approximate surface area is 179 Å². The molecule has 1 aromatic rings. The number of carbonyl (C=O) groups is 2. The molecule has 0 atom stereocenters. The van der Waals surface area contributed by atoms with E-state index in [0.717, 1.165) is 51.6 Å². The first-order valence-electron chi connectivity index (χ1n) is 11.1. The van der Waals surface area contributed by atoms with Crippen molar-refractivity contribution in [1.82, 2.24) is 25.4 Å². The fraction of sp³-hybridized carbons (Fsp3) is 0.810. The van der Waals surface area contributed by atoms with Gasteiger partial charge in [0.15, 0.2) is 0 Å². The largest absolute Gasteiger partial charge is 0.453 e. The van der Waals surface area contributed by atoms with E-state index in [0.29, 0.717) is 18.2 Å². The number of nitrogens with zero attached hydrogens (tertiary/aromatic N) is 3. The van der Waals surface area contributed by atoms with Crippen LogP contribution >= 0.6 is 0 Å². The molecule has 2 aliphatic heterocycles. The van der Waals surface area contributed by atoms with Gasteiger partial charge in [-0.25, -0.2) is 4.98 Å². The number of hydrogen-bond donors (Lipinski definition) is 2. The molecule has 2 saturated carbocycles. The molecule has 0 radical (unpaired) electrons. The van der Waals surface area contributed by atoms with Crippen LogP contribution in [0.15, 0.2) is 0 Å². The topological polar surface area (TPSA) is 91.0 Å². The third-order valence-corrected chi connectivity index (χ3v) is 7.48. The molecule has 2 spiro atoms. The van der Waals surface area contributed by atoms with Crippen molar-refractivity contribution in [3.63, 3.8) is 0 Å². The van der Waals surface area contributed by atoms with Crippen molar-refractivity contribution in [1.29, 1.82) is 0 Å². The molecule has 10 heteroatoms. The molecule has 2 amide bonds. The molecule has 3 heterocycles. The number of H-pyrrole nitrogens is 1. The summed E-state index contributed by atoms with van der Waals surface area (Å²) in [6, 6.07) is 0. The fourth-order valence-electron chi connectivity index (χ4n) is 5.34. The Balaban J connectivity index is 0.000000212. The van der Waals surface area contributed by atoms with Crippen LogP contribution in [0.25, 0.3) is 0 Å². The number of rotatable bonds is 2. The van der Waals surface area contributed by atoms with Crippen molar-refractivity contribution in [3.8, 4) is 0 Å². The highest BCUT2D eigenvalue weighted by Crippen LogP contribution is 2.46. The van der Waals surface area contributed by atoms with Crippen LogP contribution in [-0.4, -0.2) is 50.5 Å². The number of hydrogen-bond acceptors (Lipinski definition) is 4. The molecular formula is C21H30F3N5O2. The summed E-state index contributed by atoms with van der Waals surface area (Å²) in [5.74, 6) is -0.0621. The van der Waals surface area contributed by atoms with Gasteiger partial charge in [-0.2, -0.15) is 13.2 Å². The number of aromatic amines is 1. The zero-order valence-corrected chi connectivity index (χ0v) is 17.9. The lowest BCUT2D eigenvalue weighted by Crippen LogP contribution is -2.59. The lowest BCUT2D eigenvalue weighted by molar-refractivity contribution is -0.145. The van der Waals surface area contributed by atoms with Crippen LogP contribution in [0.3, 0.4) is 0 Å². The van der Waals surface area contributed by atoms with Crippen molar-refractivity contribution in [2.75, 3.05) is 13.1 Å². The molecule has 0 unspecified atom stereocenters. The SMILES string of the molecule is CC(=O)N1CC2(CCC(Cc3nc(C(F)(F)F)n[nH]3)CC2)C1.O=C1CCC2(CCC2)N1. The van der Waals surface area contributed by atoms with E-state index in [1.54, 1.807) is 6.92 Å². The van der Waals surface area contributed by atoms with Gasteiger partial charge >= 0.3 is 6.18 Å². The van der Waals surface area contributed by atoms with Crippen LogP contribution in [0, 0.1) is 11.3 Å². The molecular weight excluding hydrogens is 411 g/mol. The van der Waals surface area contributed by atoms with Crippen molar-refractivity contribution in [2.24, 2.45) is 11.3 Å². The number of nitrogens with one attached hydrogen (secondary N) is 2. The van der Waals surface area contributed by atoms with Gasteiger partial charge in [0, 0.05) is 43.8 Å². The third kappa shape index (κ3) is 4.87. The lowest BCUT2D eigenvalue weighted by Gasteiger charge is -2.53. The molecule has 31 heavy (non-hydrogen) atoms. The Kier molecular flexibility index (Phi) is 5.76. The molecule has 7 nitrogen and oxygen atoms in total. The zero-order chi connectivity index (χ0) is 22.3. The first-order valence-corrected chi connectivity index (χ1v) is 11.1. The zero-order valence-electron chi connectivity index (χ0n) is 17.9. The van der Waals surface area contributed by atoms with Crippen molar-refractivity contribution >= 4 is 11.8 Å². The minimum absolute atomic E-state index is 0.120. The Hall–Kier alpha value is -2.13. The van der Waals surface area contributed by atoms with E-state index in [9.17, 15) is 22.8 Å². The summed E-state index contributed by atoms with van der Waals surface area (Å²) in [6.07, 6.45) is 5.61. The number of likely N-dealkylation sites (tertiary alicyclic amines) is 1. The number of aromatic nitrogens is 3. The Bertz CT molecular complexity index is 817. The van der Waals surface area contributed by atoms with Crippen LogP contribution in [0.4, 0.5) is 13.2 Å². The Morgan fingerprint density at radius 3 is 2.26 bits per heavy atom. The second-order valence-electron chi connectivity index (χ2n) is 9.81. The maximum atomic E-state index is 12.5. The van der Waals surface area contributed by atoms with Gasteiger partial charge < -0.3 is 10.2 Å². The van der Waals surface area contributed by atoms with Crippen LogP contribution in [0.1, 0.15) is 76.4 Å². The molecule has 0 bridgehead atoms. The summed E-state index contributed by atoms with van der Waals surface area (Å²) in [6.45, 7) is 3.24. The standard InChI is InChI=1S/C14H19F3N4O.C7H11NO/c1-9(22)21-7-13(8-21)4-2-10(3-5-13)6-11-18-12(20-19-11)14(15,16)17;9-6-2-5-7(8-6)3-1-4-7/h10H,2-8H2,1H3,(H,18,19,20);1-5H2,(H,8,9). The monoisotopic (exact) mass is 441 g/mol. The second-order valence-corrected chi connectivity index (χ2v) is 9.81. The number of halogens is 3. The number of carbonyl (C=O) groups excluding carboxylic acids is 2. The first-order chi connectivity index (χ1) is 14.6. The van der Waals surface area contributed by atoms with Gasteiger partial charge in [-0.05, 0) is 57.3 Å². The molecule has 4 fully saturated rings. The van der Waals surface area contributed by atoms with Gasteiger partial charge in [-0.1, -0.05) is 0 Å². The normalized spacial score (nSPS) is 24.3. The summed E-state index contributed by atoms with van der Waals surface area (Å²) < 4.78 is 37.4. The highest BCUT2D eigenvalue weighted by atomic mass is 19.4. The quantitative estimate of drug-likeness (QED) is 0.737. The third-order valence-electron chi connectivity index (χ3n) is 7.48. The Morgan fingerprint density at radius 2 is 1.84 bits per heavy atom. The minimum Gasteiger partial charge on any atom is -0.351 e.